The normalized spacial score (nSPS) is 25.5. The van der Waals surface area contributed by atoms with Gasteiger partial charge in [0.1, 0.15) is 5.75 Å². The third-order valence-corrected chi connectivity index (χ3v) is 6.91. The summed E-state index contributed by atoms with van der Waals surface area (Å²) in [5.41, 5.74) is 0.787. The van der Waals surface area contributed by atoms with Crippen LogP contribution < -0.4 is 9.46 Å². The van der Waals surface area contributed by atoms with Crippen LogP contribution in [0.3, 0.4) is 0 Å². The molecule has 2 bridgehead atoms. The fraction of sp³-hybridized carbons (Fsp3) is 0.435. The molecule has 2 N–H and O–H groups in total. The molecule has 3 rings (SSSR count). The van der Waals surface area contributed by atoms with Gasteiger partial charge in [-0.15, -0.1) is 0 Å². The molecule has 0 aromatic heterocycles. The van der Waals surface area contributed by atoms with E-state index < -0.39 is 16.0 Å². The number of carboxylic acid groups (broad SMARTS) is 1. The Bertz CT molecular complexity index is 917. The molecule has 0 aliphatic heterocycles. The molecule has 1 aromatic rings. The quantitative estimate of drug-likeness (QED) is 0.408. The van der Waals surface area contributed by atoms with Crippen LogP contribution >= 0.6 is 0 Å². The van der Waals surface area contributed by atoms with Crippen molar-refractivity contribution in [3.05, 3.63) is 59.5 Å². The summed E-state index contributed by atoms with van der Waals surface area (Å²) in [4.78, 5) is 10.6. The van der Waals surface area contributed by atoms with Gasteiger partial charge in [-0.1, -0.05) is 36.4 Å². The van der Waals surface area contributed by atoms with Gasteiger partial charge in [0.25, 0.3) is 0 Å². The van der Waals surface area contributed by atoms with E-state index >= 15 is 0 Å². The van der Waals surface area contributed by atoms with Crippen LogP contribution in [0.1, 0.15) is 37.7 Å². The maximum Gasteiger partial charge on any atom is 0.303 e. The summed E-state index contributed by atoms with van der Waals surface area (Å²) in [6.45, 7) is 0. The Morgan fingerprint density at radius 3 is 2.63 bits per heavy atom. The summed E-state index contributed by atoms with van der Waals surface area (Å²) in [5, 5.41) is 9.91. The fourth-order valence-corrected chi connectivity index (χ4v) is 5.42. The zero-order chi connectivity index (χ0) is 21.6. The minimum absolute atomic E-state index is 0.116. The van der Waals surface area contributed by atoms with E-state index in [0.29, 0.717) is 12.3 Å². The number of methoxy groups -OCH3 is 1. The Hall–Kier alpha value is -2.38. The molecule has 2 aliphatic rings. The second-order valence-electron chi connectivity index (χ2n) is 7.87. The largest absolute Gasteiger partial charge is 0.497 e. The minimum atomic E-state index is -3.57. The zero-order valence-electron chi connectivity index (χ0n) is 17.1. The van der Waals surface area contributed by atoms with Crippen LogP contribution in [0.15, 0.2) is 54.0 Å². The minimum Gasteiger partial charge on any atom is -0.497 e. The number of rotatable bonds is 11. The Morgan fingerprint density at radius 1 is 1.20 bits per heavy atom. The van der Waals surface area contributed by atoms with Crippen molar-refractivity contribution in [2.45, 2.75) is 38.1 Å². The van der Waals surface area contributed by atoms with Gasteiger partial charge in [-0.05, 0) is 67.2 Å². The number of allylic oxidation sites excluding steroid dienone is 3. The molecule has 0 spiro atoms. The third-order valence-electron chi connectivity index (χ3n) is 5.81. The number of ether oxygens (including phenoxy) is 1. The van der Waals surface area contributed by atoms with Gasteiger partial charge < -0.3 is 9.84 Å². The van der Waals surface area contributed by atoms with Crippen LogP contribution in [-0.2, 0) is 14.8 Å². The first-order valence-corrected chi connectivity index (χ1v) is 11.8. The number of unbranched alkanes of at least 4 members (excludes halogenated alkanes) is 1. The molecule has 30 heavy (non-hydrogen) atoms. The van der Waals surface area contributed by atoms with Crippen LogP contribution in [0.25, 0.3) is 6.08 Å². The standard InChI is InChI=1S/C23H29NO5S/c1-29-20-12-8-17(9-13-20)14-15-30(27,28)24-23-19-11-10-18(16-19)21(23)6-4-2-3-5-7-22(25)26/h2,4,8-15,18-19,21,23-24H,3,5-7,16H2,1H3,(H,25,26). The number of hydrogen-bond donors (Lipinski definition) is 2. The summed E-state index contributed by atoms with van der Waals surface area (Å²) >= 11 is 0. The van der Waals surface area contributed by atoms with Gasteiger partial charge in [0.05, 0.1) is 7.11 Å². The smallest absolute Gasteiger partial charge is 0.303 e. The highest BCUT2D eigenvalue weighted by Gasteiger charge is 2.44. The van der Waals surface area contributed by atoms with Gasteiger partial charge in [0, 0.05) is 17.9 Å². The van der Waals surface area contributed by atoms with E-state index in [9.17, 15) is 13.2 Å². The van der Waals surface area contributed by atoms with Crippen molar-refractivity contribution in [3.63, 3.8) is 0 Å². The van der Waals surface area contributed by atoms with E-state index in [1.807, 2.05) is 18.2 Å². The number of carboxylic acids is 1. The number of fused-ring (bicyclic) bond motifs is 2. The van der Waals surface area contributed by atoms with Crippen molar-refractivity contribution < 1.29 is 23.1 Å². The molecular formula is C23H29NO5S. The molecule has 0 radical (unpaired) electrons. The Labute approximate surface area is 178 Å². The predicted octanol–water partition coefficient (Wildman–Crippen LogP) is 3.98. The summed E-state index contributed by atoms with van der Waals surface area (Å²) < 4.78 is 33.3. The van der Waals surface area contributed by atoms with Crippen molar-refractivity contribution in [1.82, 2.24) is 4.72 Å². The summed E-state index contributed by atoms with van der Waals surface area (Å²) in [5.74, 6) is 0.779. The second kappa shape index (κ2) is 10.1. The monoisotopic (exact) mass is 431 g/mol. The van der Waals surface area contributed by atoms with E-state index in [1.165, 1.54) is 5.41 Å². The Balaban J connectivity index is 1.58. The number of benzene rings is 1. The Kier molecular flexibility index (Phi) is 7.50. The number of aliphatic carboxylic acids is 1. The SMILES string of the molecule is COc1ccc(C=CS(=O)(=O)NC2C3C=CC(C3)C2CC=CCCCC(=O)O)cc1. The van der Waals surface area contributed by atoms with Gasteiger partial charge in [0.15, 0.2) is 0 Å². The lowest BCUT2D eigenvalue weighted by molar-refractivity contribution is -0.137. The van der Waals surface area contributed by atoms with Crippen LogP contribution in [0.4, 0.5) is 0 Å². The van der Waals surface area contributed by atoms with Crippen molar-refractivity contribution in [1.29, 1.82) is 0 Å². The van der Waals surface area contributed by atoms with Crippen LogP contribution in [0, 0.1) is 17.8 Å². The molecule has 6 nitrogen and oxygen atoms in total. The molecule has 4 unspecified atom stereocenters. The maximum atomic E-state index is 12.7. The van der Waals surface area contributed by atoms with E-state index in [0.717, 1.165) is 30.6 Å². The highest BCUT2D eigenvalue weighted by atomic mass is 32.2. The molecule has 0 heterocycles. The molecule has 1 saturated carbocycles. The van der Waals surface area contributed by atoms with E-state index in [2.05, 4.69) is 23.0 Å². The average molecular weight is 432 g/mol. The van der Waals surface area contributed by atoms with Crippen LogP contribution in [0.5, 0.6) is 5.75 Å². The van der Waals surface area contributed by atoms with Crippen molar-refractivity contribution in [2.24, 2.45) is 17.8 Å². The van der Waals surface area contributed by atoms with E-state index in [-0.39, 0.29) is 24.3 Å². The molecule has 7 heteroatoms. The lowest BCUT2D eigenvalue weighted by Crippen LogP contribution is -2.41. The molecule has 1 aromatic carbocycles. The van der Waals surface area contributed by atoms with E-state index in [1.54, 1.807) is 25.3 Å². The molecule has 1 fully saturated rings. The van der Waals surface area contributed by atoms with Gasteiger partial charge >= 0.3 is 5.97 Å². The molecule has 4 atom stereocenters. The summed E-state index contributed by atoms with van der Waals surface area (Å²) in [7, 11) is -1.98. The van der Waals surface area contributed by atoms with Gasteiger partial charge in [-0.3, -0.25) is 4.79 Å². The highest BCUT2D eigenvalue weighted by molar-refractivity contribution is 7.92. The van der Waals surface area contributed by atoms with Gasteiger partial charge in [-0.2, -0.15) is 0 Å². The molecular weight excluding hydrogens is 402 g/mol. The summed E-state index contributed by atoms with van der Waals surface area (Å²) in [6.07, 6.45) is 13.3. The summed E-state index contributed by atoms with van der Waals surface area (Å²) in [6, 6.07) is 7.08. The highest BCUT2D eigenvalue weighted by Crippen LogP contribution is 2.45. The number of carbonyl (C=O) groups is 1. The van der Waals surface area contributed by atoms with Crippen molar-refractivity contribution >= 4 is 22.1 Å². The van der Waals surface area contributed by atoms with E-state index in [4.69, 9.17) is 9.84 Å². The number of hydrogen-bond acceptors (Lipinski definition) is 4. The van der Waals surface area contributed by atoms with Gasteiger partial charge in [0.2, 0.25) is 10.0 Å². The first kappa shape index (κ1) is 22.3. The van der Waals surface area contributed by atoms with Crippen LogP contribution in [0.2, 0.25) is 0 Å². The first-order chi connectivity index (χ1) is 14.4. The predicted molar refractivity (Wildman–Crippen MR) is 117 cm³/mol. The maximum absolute atomic E-state index is 12.7. The molecule has 0 amide bonds. The first-order valence-electron chi connectivity index (χ1n) is 10.3. The second-order valence-corrected chi connectivity index (χ2v) is 9.47. The lowest BCUT2D eigenvalue weighted by atomic mass is 9.86. The third kappa shape index (κ3) is 6.06. The zero-order valence-corrected chi connectivity index (χ0v) is 17.9. The van der Waals surface area contributed by atoms with Crippen molar-refractivity contribution in [2.75, 3.05) is 7.11 Å². The molecule has 2 aliphatic carbocycles. The molecule has 0 saturated heterocycles. The lowest BCUT2D eigenvalue weighted by Gasteiger charge is -2.27. The number of sulfonamides is 1. The number of nitrogens with one attached hydrogen (secondary N) is 1. The average Bonchev–Trinajstić information content (AvgIpc) is 3.31. The fourth-order valence-electron chi connectivity index (χ4n) is 4.28. The molecule has 162 valence electrons. The van der Waals surface area contributed by atoms with Crippen molar-refractivity contribution in [3.8, 4) is 5.75 Å². The van der Waals surface area contributed by atoms with Crippen LogP contribution in [-0.4, -0.2) is 32.6 Å². The topological polar surface area (TPSA) is 92.7 Å². The van der Waals surface area contributed by atoms with Gasteiger partial charge in [-0.25, -0.2) is 13.1 Å². The Morgan fingerprint density at radius 2 is 1.93 bits per heavy atom.